The van der Waals surface area contributed by atoms with E-state index in [4.69, 9.17) is 19.0 Å². The largest absolute Gasteiger partial charge is 0.508 e. The van der Waals surface area contributed by atoms with Gasteiger partial charge in [0.1, 0.15) is 40.5 Å². The molecule has 3 unspecified atom stereocenters. The van der Waals surface area contributed by atoms with Crippen LogP contribution in [0, 0.1) is 17.0 Å². The summed E-state index contributed by atoms with van der Waals surface area (Å²) >= 11 is 0. The number of aromatic nitrogens is 4. The number of benzene rings is 2. The van der Waals surface area contributed by atoms with Crippen molar-refractivity contribution in [3.63, 3.8) is 0 Å². The number of aliphatic hydroxyl groups is 1. The molecule has 5 heterocycles. The van der Waals surface area contributed by atoms with Gasteiger partial charge in [0.05, 0.1) is 37.9 Å². The molecule has 0 radical (unpaired) electrons. The Balaban J connectivity index is 1.22. The molecule has 3 aliphatic rings. The number of pyridine rings is 1. The molecule has 13 heteroatoms. The normalized spacial score (nSPS) is 24.3. The summed E-state index contributed by atoms with van der Waals surface area (Å²) in [6, 6.07) is 6.18. The monoisotopic (exact) mass is 700 g/mol. The number of piperidine rings is 1. The number of anilines is 1. The maximum absolute atomic E-state index is 17.1. The third-order valence-corrected chi connectivity index (χ3v) is 10.9. The number of fused-ring (bicyclic) bond motifs is 3. The molecule has 0 amide bonds. The number of phenolic OH excluding ortho intramolecular Hbond substituents is 1. The molecule has 1 aliphatic carbocycles. The average Bonchev–Trinajstić information content (AvgIpc) is 3.75. The predicted octanol–water partition coefficient (Wildman–Crippen LogP) is 6.18. The molecule has 8 rings (SSSR count). The second-order valence-corrected chi connectivity index (χ2v) is 14.6. The SMILES string of the molecule is CCc1c(F)ccc2cc(O)cc(-c3ncc4c(N5CCOCC(C)(O)C5)nc(OCC56CCCC5N(Cc5cnoc5)CCC6)nc4c3F)c12. The predicted molar refractivity (Wildman–Crippen MR) is 187 cm³/mol. The lowest BCUT2D eigenvalue weighted by Crippen LogP contribution is -2.51. The average molecular weight is 701 g/mol. The van der Waals surface area contributed by atoms with Gasteiger partial charge in [-0.15, -0.1) is 0 Å². The fourth-order valence-electron chi connectivity index (χ4n) is 8.68. The van der Waals surface area contributed by atoms with Crippen LogP contribution in [0.4, 0.5) is 14.6 Å². The minimum absolute atomic E-state index is 0.0195. The van der Waals surface area contributed by atoms with Gasteiger partial charge in [-0.25, -0.2) is 8.78 Å². The molecule has 11 nitrogen and oxygen atoms in total. The maximum Gasteiger partial charge on any atom is 0.319 e. The Morgan fingerprint density at radius 3 is 2.78 bits per heavy atom. The van der Waals surface area contributed by atoms with Gasteiger partial charge < -0.3 is 29.1 Å². The van der Waals surface area contributed by atoms with Crippen LogP contribution >= 0.6 is 0 Å². The highest BCUT2D eigenvalue weighted by Crippen LogP contribution is 2.48. The molecule has 5 aromatic rings. The number of likely N-dealkylation sites (tertiary alicyclic amines) is 1. The number of aryl methyl sites for hydroxylation is 1. The highest BCUT2D eigenvalue weighted by Gasteiger charge is 2.48. The van der Waals surface area contributed by atoms with Crippen LogP contribution in [0.15, 0.2) is 47.4 Å². The third-order valence-electron chi connectivity index (χ3n) is 10.9. The van der Waals surface area contributed by atoms with E-state index in [1.165, 1.54) is 24.4 Å². The van der Waals surface area contributed by atoms with E-state index in [-0.39, 0.29) is 47.1 Å². The van der Waals surface area contributed by atoms with Gasteiger partial charge in [-0.3, -0.25) is 9.88 Å². The molecule has 3 fully saturated rings. The van der Waals surface area contributed by atoms with Crippen LogP contribution in [0.25, 0.3) is 32.9 Å². The minimum Gasteiger partial charge on any atom is -0.508 e. The van der Waals surface area contributed by atoms with Crippen LogP contribution < -0.4 is 9.64 Å². The van der Waals surface area contributed by atoms with Gasteiger partial charge in [0.25, 0.3) is 0 Å². The lowest BCUT2D eigenvalue weighted by atomic mass is 9.75. The molecule has 51 heavy (non-hydrogen) atoms. The first-order chi connectivity index (χ1) is 24.6. The first-order valence-electron chi connectivity index (χ1n) is 17.8. The van der Waals surface area contributed by atoms with Crippen LogP contribution in [-0.2, 0) is 17.7 Å². The quantitative estimate of drug-likeness (QED) is 0.193. The summed E-state index contributed by atoms with van der Waals surface area (Å²) < 4.78 is 49.4. The second-order valence-electron chi connectivity index (χ2n) is 14.6. The number of hydrogen-bond donors (Lipinski definition) is 2. The number of nitrogens with zero attached hydrogens (tertiary/aromatic N) is 6. The highest BCUT2D eigenvalue weighted by atomic mass is 19.1. The first-order valence-corrected chi connectivity index (χ1v) is 17.8. The summed E-state index contributed by atoms with van der Waals surface area (Å²) in [5.41, 5.74) is 0.291. The number of hydrogen-bond acceptors (Lipinski definition) is 11. The molecule has 3 atom stereocenters. The Hall–Kier alpha value is -4.46. The molecule has 2 aromatic carbocycles. The number of phenols is 1. The van der Waals surface area contributed by atoms with Crippen molar-refractivity contribution in [1.82, 2.24) is 25.0 Å². The topological polar surface area (TPSA) is 130 Å². The van der Waals surface area contributed by atoms with Crippen LogP contribution in [0.5, 0.6) is 11.8 Å². The van der Waals surface area contributed by atoms with Crippen LogP contribution in [0.2, 0.25) is 0 Å². The maximum atomic E-state index is 17.1. The summed E-state index contributed by atoms with van der Waals surface area (Å²) in [6.45, 7) is 6.65. The fourth-order valence-corrected chi connectivity index (χ4v) is 8.68. The molecule has 0 bridgehead atoms. The van der Waals surface area contributed by atoms with Crippen molar-refractivity contribution in [2.24, 2.45) is 5.41 Å². The van der Waals surface area contributed by atoms with Crippen LogP contribution in [0.1, 0.15) is 57.1 Å². The molecular formula is C38H42F2N6O5. The highest BCUT2D eigenvalue weighted by molar-refractivity contribution is 6.01. The van der Waals surface area contributed by atoms with Gasteiger partial charge in [-0.1, -0.05) is 24.6 Å². The summed E-state index contributed by atoms with van der Waals surface area (Å²) in [5, 5.41) is 27.0. The molecule has 2 saturated heterocycles. The van der Waals surface area contributed by atoms with Crippen molar-refractivity contribution in [2.75, 3.05) is 44.4 Å². The molecular weight excluding hydrogens is 658 g/mol. The van der Waals surface area contributed by atoms with Gasteiger partial charge in [0.2, 0.25) is 0 Å². The lowest BCUT2D eigenvalue weighted by Gasteiger charge is -2.46. The molecule has 2 N–H and O–H groups in total. The summed E-state index contributed by atoms with van der Waals surface area (Å²) in [6.07, 6.45) is 10.4. The van der Waals surface area contributed by atoms with Crippen LogP contribution in [-0.4, -0.2) is 86.3 Å². The van der Waals surface area contributed by atoms with Crippen molar-refractivity contribution in [1.29, 1.82) is 0 Å². The molecule has 2 aliphatic heterocycles. The number of rotatable bonds is 8. The number of ether oxygens (including phenoxy) is 2. The second kappa shape index (κ2) is 13.3. The molecule has 1 saturated carbocycles. The van der Waals surface area contributed by atoms with Gasteiger partial charge >= 0.3 is 6.01 Å². The van der Waals surface area contributed by atoms with Crippen molar-refractivity contribution < 1.29 is 33.0 Å². The Labute approximate surface area is 294 Å². The Morgan fingerprint density at radius 1 is 1.10 bits per heavy atom. The van der Waals surface area contributed by atoms with E-state index in [0.29, 0.717) is 59.8 Å². The minimum atomic E-state index is -1.19. The van der Waals surface area contributed by atoms with E-state index in [9.17, 15) is 10.2 Å². The molecule has 268 valence electrons. The van der Waals surface area contributed by atoms with E-state index in [0.717, 1.165) is 50.8 Å². The Kier molecular flexibility index (Phi) is 8.75. The zero-order chi connectivity index (χ0) is 35.3. The van der Waals surface area contributed by atoms with Crippen molar-refractivity contribution >= 4 is 27.5 Å². The van der Waals surface area contributed by atoms with Crippen molar-refractivity contribution in [3.8, 4) is 23.0 Å². The van der Waals surface area contributed by atoms with Gasteiger partial charge in [0.15, 0.2) is 5.82 Å². The lowest BCUT2D eigenvalue weighted by molar-refractivity contribution is -0.0123. The first kappa shape index (κ1) is 33.7. The zero-order valence-electron chi connectivity index (χ0n) is 28.9. The summed E-state index contributed by atoms with van der Waals surface area (Å²) in [4.78, 5) is 18.4. The zero-order valence-corrected chi connectivity index (χ0v) is 28.9. The van der Waals surface area contributed by atoms with Gasteiger partial charge in [-0.2, -0.15) is 9.97 Å². The van der Waals surface area contributed by atoms with Crippen molar-refractivity contribution in [2.45, 2.75) is 70.6 Å². The van der Waals surface area contributed by atoms with E-state index >= 15 is 8.78 Å². The number of β-amino-alcohol motifs (C(OH)–C–C–N with tert-alkyl or cyclic N) is 1. The van der Waals surface area contributed by atoms with E-state index in [1.54, 1.807) is 25.5 Å². The molecule has 0 spiro atoms. The summed E-state index contributed by atoms with van der Waals surface area (Å²) in [5.74, 6) is -0.881. The molecule has 3 aromatic heterocycles. The van der Waals surface area contributed by atoms with E-state index in [2.05, 4.69) is 20.0 Å². The van der Waals surface area contributed by atoms with Crippen molar-refractivity contribution in [3.05, 3.63) is 65.7 Å². The van der Waals surface area contributed by atoms with Gasteiger partial charge in [0, 0.05) is 41.9 Å². The van der Waals surface area contributed by atoms with E-state index in [1.807, 2.05) is 11.8 Å². The standard InChI is InChI=1S/C38H42F2N6O5/c1-3-26-29(39)8-7-24-14-25(47)15-27(31(24)26)33-32(40)34-28(17-41-33)35(46-12-13-49-21-37(2,48)20-46)44-36(43-34)50-22-38-9-4-6-30(38)45(11-5-10-38)18-23-16-42-51-19-23/h7-8,14-17,19,30,47-48H,3-6,9-13,18,20-22H2,1-2H3. The van der Waals surface area contributed by atoms with E-state index < -0.39 is 17.2 Å². The fraction of sp³-hybridized carbons (Fsp3) is 0.474. The summed E-state index contributed by atoms with van der Waals surface area (Å²) in [7, 11) is 0. The third kappa shape index (κ3) is 6.25. The smallest absolute Gasteiger partial charge is 0.319 e. The number of aromatic hydroxyl groups is 1. The van der Waals surface area contributed by atoms with Crippen LogP contribution in [0.3, 0.4) is 0 Å². The number of halogens is 2. The Morgan fingerprint density at radius 2 is 1.96 bits per heavy atom. The van der Waals surface area contributed by atoms with Gasteiger partial charge in [-0.05, 0) is 80.1 Å². The Bertz CT molecular complexity index is 2080.